The molecule has 1 aliphatic rings. The van der Waals surface area contributed by atoms with Crippen LogP contribution in [0.4, 0.5) is 5.69 Å². The third-order valence-electron chi connectivity index (χ3n) is 3.05. The predicted molar refractivity (Wildman–Crippen MR) is 69.8 cm³/mol. The van der Waals surface area contributed by atoms with Crippen LogP contribution >= 0.6 is 0 Å². The van der Waals surface area contributed by atoms with E-state index in [-0.39, 0.29) is 0 Å². The monoisotopic (exact) mass is 268 g/mol. The van der Waals surface area contributed by atoms with Crippen molar-refractivity contribution < 1.29 is 13.2 Å². The van der Waals surface area contributed by atoms with E-state index in [9.17, 15) is 13.2 Å². The maximum atomic E-state index is 12.3. The van der Waals surface area contributed by atoms with E-state index < -0.39 is 22.2 Å². The minimum absolute atomic E-state index is 0.404. The molecule has 0 saturated carbocycles. The molecule has 0 unspecified atom stereocenters. The van der Waals surface area contributed by atoms with Gasteiger partial charge in [0.15, 0.2) is 0 Å². The highest BCUT2D eigenvalue weighted by molar-refractivity contribution is 7.91. The van der Waals surface area contributed by atoms with E-state index >= 15 is 0 Å². The van der Waals surface area contributed by atoms with Crippen molar-refractivity contribution in [2.75, 3.05) is 11.4 Å². The molecule has 0 radical (unpaired) electrons. The van der Waals surface area contributed by atoms with Gasteiger partial charge < -0.3 is 0 Å². The summed E-state index contributed by atoms with van der Waals surface area (Å²) in [6.07, 6.45) is 0. The maximum absolute atomic E-state index is 12.3. The van der Waals surface area contributed by atoms with Gasteiger partial charge in [-0.25, -0.2) is 4.31 Å². The van der Waals surface area contributed by atoms with Crippen LogP contribution in [0.25, 0.3) is 0 Å². The number of carbonyl (C=O) groups is 1. The molecular weight excluding hydrogens is 252 g/mol. The van der Waals surface area contributed by atoms with Crippen LogP contribution in [0.3, 0.4) is 0 Å². The lowest BCUT2D eigenvalue weighted by Crippen LogP contribution is -2.52. The van der Waals surface area contributed by atoms with Crippen molar-refractivity contribution in [3.8, 4) is 0 Å². The van der Waals surface area contributed by atoms with Crippen molar-refractivity contribution in [1.29, 1.82) is 0 Å². The SMILES string of the molecule is Cc1cccc2c1N(C)S(=O)(=O)N(C(C)C)C2=O. The maximum Gasteiger partial charge on any atom is 0.328 e. The average Bonchev–Trinajstić information content (AvgIpc) is 2.25. The van der Waals surface area contributed by atoms with Crippen molar-refractivity contribution in [2.24, 2.45) is 0 Å². The quantitative estimate of drug-likeness (QED) is 0.776. The highest BCUT2D eigenvalue weighted by Gasteiger charge is 2.41. The van der Waals surface area contributed by atoms with Gasteiger partial charge in [0.25, 0.3) is 5.91 Å². The predicted octanol–water partition coefficient (Wildman–Crippen LogP) is 1.54. The number of anilines is 1. The van der Waals surface area contributed by atoms with Crippen LogP contribution in [0.2, 0.25) is 0 Å². The molecule has 0 spiro atoms. The summed E-state index contributed by atoms with van der Waals surface area (Å²) in [6.45, 7) is 5.16. The third kappa shape index (κ3) is 1.59. The Morgan fingerprint density at radius 3 is 2.39 bits per heavy atom. The smallest absolute Gasteiger partial charge is 0.268 e. The van der Waals surface area contributed by atoms with E-state index in [1.165, 1.54) is 11.4 Å². The first-order valence-electron chi connectivity index (χ1n) is 5.70. The van der Waals surface area contributed by atoms with E-state index in [1.807, 2.05) is 0 Å². The number of nitrogens with zero attached hydrogens (tertiary/aromatic N) is 2. The zero-order valence-corrected chi connectivity index (χ0v) is 11.7. The molecule has 0 fully saturated rings. The Morgan fingerprint density at radius 2 is 1.83 bits per heavy atom. The van der Waals surface area contributed by atoms with Gasteiger partial charge in [-0.05, 0) is 32.4 Å². The van der Waals surface area contributed by atoms with Crippen LogP contribution in [0.1, 0.15) is 29.8 Å². The van der Waals surface area contributed by atoms with E-state index in [4.69, 9.17) is 0 Å². The minimum atomic E-state index is -3.77. The molecule has 1 aromatic carbocycles. The lowest BCUT2D eigenvalue weighted by Gasteiger charge is -2.37. The fraction of sp³-hybridized carbons (Fsp3) is 0.417. The molecule has 0 saturated heterocycles. The van der Waals surface area contributed by atoms with Crippen molar-refractivity contribution >= 4 is 21.8 Å². The van der Waals surface area contributed by atoms with E-state index in [0.29, 0.717) is 11.3 Å². The first-order chi connectivity index (χ1) is 8.28. The van der Waals surface area contributed by atoms with Crippen molar-refractivity contribution in [2.45, 2.75) is 26.8 Å². The first-order valence-corrected chi connectivity index (χ1v) is 7.10. The van der Waals surface area contributed by atoms with Crippen LogP contribution in [0.15, 0.2) is 18.2 Å². The average molecular weight is 268 g/mol. The van der Waals surface area contributed by atoms with Gasteiger partial charge in [0.05, 0.1) is 11.3 Å². The Morgan fingerprint density at radius 1 is 1.22 bits per heavy atom. The second-order valence-electron chi connectivity index (χ2n) is 4.64. The summed E-state index contributed by atoms with van der Waals surface area (Å²) >= 11 is 0. The molecule has 0 aliphatic carbocycles. The number of carbonyl (C=O) groups excluding carboxylic acids is 1. The van der Waals surface area contributed by atoms with Crippen LogP contribution in [0.5, 0.6) is 0 Å². The summed E-state index contributed by atoms with van der Waals surface area (Å²) in [6, 6.07) is 4.81. The summed E-state index contributed by atoms with van der Waals surface area (Å²) in [5.74, 6) is -0.457. The Balaban J connectivity index is 2.76. The Labute approximate surface area is 107 Å². The summed E-state index contributed by atoms with van der Waals surface area (Å²) in [4.78, 5) is 12.3. The molecule has 0 atom stereocenters. The fourth-order valence-electron chi connectivity index (χ4n) is 2.22. The van der Waals surface area contributed by atoms with Crippen molar-refractivity contribution in [3.63, 3.8) is 0 Å². The number of benzene rings is 1. The van der Waals surface area contributed by atoms with Crippen molar-refractivity contribution in [3.05, 3.63) is 29.3 Å². The topological polar surface area (TPSA) is 57.7 Å². The van der Waals surface area contributed by atoms with Crippen LogP contribution in [-0.2, 0) is 10.2 Å². The molecule has 2 rings (SSSR count). The molecule has 5 nitrogen and oxygen atoms in total. The summed E-state index contributed by atoms with van der Waals surface area (Å²) in [5, 5.41) is 0. The number of amides is 1. The van der Waals surface area contributed by atoms with Gasteiger partial charge in [0.1, 0.15) is 0 Å². The van der Waals surface area contributed by atoms with Gasteiger partial charge in [0, 0.05) is 13.1 Å². The molecule has 1 aliphatic heterocycles. The number of hydrogen-bond donors (Lipinski definition) is 0. The fourth-order valence-corrected chi connectivity index (χ4v) is 3.80. The summed E-state index contributed by atoms with van der Waals surface area (Å²) < 4.78 is 26.7. The van der Waals surface area contributed by atoms with E-state index in [2.05, 4.69) is 0 Å². The molecule has 18 heavy (non-hydrogen) atoms. The van der Waals surface area contributed by atoms with Crippen molar-refractivity contribution in [1.82, 2.24) is 4.31 Å². The summed E-state index contributed by atoms with van der Waals surface area (Å²) in [7, 11) is -2.29. The summed E-state index contributed by atoms with van der Waals surface area (Å²) in [5.41, 5.74) is 1.68. The standard InChI is InChI=1S/C12H16N2O3S/c1-8(2)14-12(15)10-7-5-6-9(3)11(10)13(4)18(14,16)17/h5-8H,1-4H3. The van der Waals surface area contributed by atoms with Crippen LogP contribution in [0, 0.1) is 6.92 Å². The molecule has 1 amide bonds. The highest BCUT2D eigenvalue weighted by Crippen LogP contribution is 2.34. The Hall–Kier alpha value is -1.56. The third-order valence-corrected chi connectivity index (χ3v) is 5.01. The molecular formula is C12H16N2O3S. The Kier molecular flexibility index (Phi) is 2.85. The molecule has 0 aromatic heterocycles. The number of fused-ring (bicyclic) bond motifs is 1. The van der Waals surface area contributed by atoms with Gasteiger partial charge in [-0.1, -0.05) is 12.1 Å². The lowest BCUT2D eigenvalue weighted by molar-refractivity contribution is 0.0831. The van der Waals surface area contributed by atoms with Crippen LogP contribution in [-0.4, -0.2) is 31.7 Å². The molecule has 6 heteroatoms. The second-order valence-corrected chi connectivity index (χ2v) is 6.48. The normalized spacial score (nSPS) is 18.2. The minimum Gasteiger partial charge on any atom is -0.268 e. The number of aryl methyl sites for hydroxylation is 1. The number of hydrogen-bond acceptors (Lipinski definition) is 3. The molecule has 1 aromatic rings. The number of para-hydroxylation sites is 1. The first kappa shape index (κ1) is 12.9. The van der Waals surface area contributed by atoms with Crippen LogP contribution < -0.4 is 4.31 Å². The lowest BCUT2D eigenvalue weighted by atomic mass is 10.1. The Bertz CT molecular complexity index is 608. The zero-order valence-electron chi connectivity index (χ0n) is 10.8. The van der Waals surface area contributed by atoms with Gasteiger partial charge in [0.2, 0.25) is 0 Å². The van der Waals surface area contributed by atoms with Gasteiger partial charge in [-0.3, -0.25) is 9.10 Å². The van der Waals surface area contributed by atoms with Gasteiger partial charge >= 0.3 is 10.2 Å². The second kappa shape index (κ2) is 3.98. The highest BCUT2D eigenvalue weighted by atomic mass is 32.2. The van der Waals surface area contributed by atoms with Gasteiger partial charge in [-0.2, -0.15) is 8.42 Å². The molecule has 0 bridgehead atoms. The molecule has 1 heterocycles. The number of rotatable bonds is 1. The van der Waals surface area contributed by atoms with E-state index in [1.54, 1.807) is 39.0 Å². The van der Waals surface area contributed by atoms with Gasteiger partial charge in [-0.15, -0.1) is 0 Å². The van der Waals surface area contributed by atoms with E-state index in [0.717, 1.165) is 9.87 Å². The molecule has 98 valence electrons. The molecule has 0 N–H and O–H groups in total. The largest absolute Gasteiger partial charge is 0.328 e. The zero-order chi connectivity index (χ0) is 13.7.